The minimum atomic E-state index is -0.149. The van der Waals surface area contributed by atoms with Crippen LogP contribution in [0.4, 0.5) is 11.4 Å². The van der Waals surface area contributed by atoms with Crippen LogP contribution in [0.15, 0.2) is 48.5 Å². The van der Waals surface area contributed by atoms with E-state index in [2.05, 4.69) is 10.3 Å². The molecule has 0 saturated carbocycles. The Bertz CT molecular complexity index is 933. The second kappa shape index (κ2) is 8.22. The molecule has 0 aliphatic carbocycles. The zero-order valence-electron chi connectivity index (χ0n) is 15.9. The normalized spacial score (nSPS) is 10.5. The van der Waals surface area contributed by atoms with Crippen molar-refractivity contribution in [2.45, 2.75) is 20.5 Å². The molecular weight excluding hydrogens is 358 g/mol. The minimum Gasteiger partial charge on any atom is -0.486 e. The number of nitrogens with one attached hydrogen (secondary N) is 1. The molecule has 5 nitrogen and oxygen atoms in total. The van der Waals surface area contributed by atoms with Crippen LogP contribution in [0.25, 0.3) is 0 Å². The zero-order chi connectivity index (χ0) is 19.4. The molecule has 0 atom stereocenters. The maximum Gasteiger partial charge on any atom is 0.267 e. The molecule has 1 heterocycles. The van der Waals surface area contributed by atoms with Crippen molar-refractivity contribution in [1.29, 1.82) is 0 Å². The van der Waals surface area contributed by atoms with Gasteiger partial charge in [0.2, 0.25) is 0 Å². The van der Waals surface area contributed by atoms with E-state index in [0.29, 0.717) is 17.2 Å². The Labute approximate surface area is 163 Å². The molecule has 1 N–H and O–H groups in total. The van der Waals surface area contributed by atoms with Gasteiger partial charge in [0.25, 0.3) is 5.91 Å². The molecule has 3 aromatic rings. The van der Waals surface area contributed by atoms with Gasteiger partial charge in [0.1, 0.15) is 22.2 Å². The van der Waals surface area contributed by atoms with Gasteiger partial charge in [-0.2, -0.15) is 0 Å². The zero-order valence-corrected chi connectivity index (χ0v) is 16.8. The summed E-state index contributed by atoms with van der Waals surface area (Å²) in [4.78, 5) is 19.7. The fourth-order valence-corrected chi connectivity index (χ4v) is 3.48. The number of hydrogen-bond donors (Lipinski definition) is 1. The third-order valence-corrected chi connectivity index (χ3v) is 5.17. The lowest BCUT2D eigenvalue weighted by Gasteiger charge is -2.12. The molecule has 0 spiro atoms. The fraction of sp³-hybridized carbons (Fsp3) is 0.238. The van der Waals surface area contributed by atoms with E-state index in [-0.39, 0.29) is 5.91 Å². The first-order valence-corrected chi connectivity index (χ1v) is 9.48. The number of carbonyl (C=O) groups is 1. The van der Waals surface area contributed by atoms with E-state index in [9.17, 15) is 4.79 Å². The molecule has 0 aliphatic rings. The molecule has 0 saturated heterocycles. The highest BCUT2D eigenvalue weighted by atomic mass is 32.1. The van der Waals surface area contributed by atoms with Crippen molar-refractivity contribution >= 4 is 28.6 Å². The summed E-state index contributed by atoms with van der Waals surface area (Å²) in [5, 5.41) is 3.71. The Balaban J connectivity index is 1.65. The molecule has 0 radical (unpaired) electrons. The van der Waals surface area contributed by atoms with Crippen molar-refractivity contribution < 1.29 is 9.53 Å². The molecule has 0 fully saturated rings. The molecule has 0 bridgehead atoms. The van der Waals surface area contributed by atoms with Crippen molar-refractivity contribution in [3.63, 3.8) is 0 Å². The fourth-order valence-electron chi connectivity index (χ4n) is 2.61. The second-order valence-electron chi connectivity index (χ2n) is 6.52. The number of ether oxygens (including phenoxy) is 1. The van der Waals surface area contributed by atoms with Gasteiger partial charge in [0.15, 0.2) is 0 Å². The predicted molar refractivity (Wildman–Crippen MR) is 111 cm³/mol. The molecule has 0 unspecified atom stereocenters. The van der Waals surface area contributed by atoms with Crippen molar-refractivity contribution in [2.24, 2.45) is 0 Å². The Kier molecular flexibility index (Phi) is 5.76. The van der Waals surface area contributed by atoms with Gasteiger partial charge in [-0.15, -0.1) is 11.3 Å². The van der Waals surface area contributed by atoms with Crippen molar-refractivity contribution in [2.75, 3.05) is 24.3 Å². The number of anilines is 2. The standard InChI is InChI=1S/C21H23N3O2S/c1-14-6-5-7-18(12-14)26-13-19-22-15(2)20(27-19)21(25)23-16-8-10-17(11-9-16)24(3)4/h5-12H,13H2,1-4H3,(H,23,25). The number of aryl methyl sites for hydroxylation is 2. The van der Waals surface area contributed by atoms with Crippen LogP contribution < -0.4 is 15.0 Å². The van der Waals surface area contributed by atoms with E-state index in [1.807, 2.05) is 81.4 Å². The molecule has 140 valence electrons. The number of hydrogen-bond acceptors (Lipinski definition) is 5. The first kappa shape index (κ1) is 18.9. The van der Waals surface area contributed by atoms with E-state index in [1.54, 1.807) is 0 Å². The van der Waals surface area contributed by atoms with Crippen LogP contribution in [0.5, 0.6) is 5.75 Å². The molecule has 3 rings (SSSR count). The lowest BCUT2D eigenvalue weighted by molar-refractivity contribution is 0.103. The van der Waals surface area contributed by atoms with E-state index in [1.165, 1.54) is 11.3 Å². The van der Waals surface area contributed by atoms with Gasteiger partial charge >= 0.3 is 0 Å². The first-order valence-electron chi connectivity index (χ1n) is 8.67. The van der Waals surface area contributed by atoms with Crippen LogP contribution in [0, 0.1) is 13.8 Å². The summed E-state index contributed by atoms with van der Waals surface area (Å²) in [7, 11) is 3.96. The van der Waals surface area contributed by atoms with Crippen molar-refractivity contribution in [3.8, 4) is 5.75 Å². The van der Waals surface area contributed by atoms with Crippen LogP contribution >= 0.6 is 11.3 Å². The maximum absolute atomic E-state index is 12.6. The van der Waals surface area contributed by atoms with E-state index in [0.717, 1.165) is 27.7 Å². The Morgan fingerprint density at radius 1 is 1.15 bits per heavy atom. The SMILES string of the molecule is Cc1cccc(OCc2nc(C)c(C(=O)Nc3ccc(N(C)C)cc3)s2)c1. The molecule has 2 aromatic carbocycles. The summed E-state index contributed by atoms with van der Waals surface area (Å²) in [6.45, 7) is 4.21. The van der Waals surface area contributed by atoms with Crippen LogP contribution in [-0.4, -0.2) is 25.0 Å². The number of benzene rings is 2. The number of aromatic nitrogens is 1. The van der Waals surface area contributed by atoms with Gasteiger partial charge in [-0.1, -0.05) is 12.1 Å². The highest BCUT2D eigenvalue weighted by Gasteiger charge is 2.16. The number of carbonyl (C=O) groups excluding carboxylic acids is 1. The molecule has 1 amide bonds. The Hall–Kier alpha value is -2.86. The number of amides is 1. The molecule has 6 heteroatoms. The summed E-state index contributed by atoms with van der Waals surface area (Å²) in [5.74, 6) is 0.652. The lowest BCUT2D eigenvalue weighted by Crippen LogP contribution is -2.12. The smallest absolute Gasteiger partial charge is 0.267 e. The maximum atomic E-state index is 12.6. The van der Waals surface area contributed by atoms with Crippen molar-refractivity contribution in [3.05, 3.63) is 69.7 Å². The number of rotatable bonds is 6. The Morgan fingerprint density at radius 3 is 2.56 bits per heavy atom. The highest BCUT2D eigenvalue weighted by molar-refractivity contribution is 7.13. The molecule has 27 heavy (non-hydrogen) atoms. The van der Waals surface area contributed by atoms with Gasteiger partial charge in [0, 0.05) is 25.5 Å². The summed E-state index contributed by atoms with van der Waals surface area (Å²) in [6, 6.07) is 15.6. The van der Waals surface area contributed by atoms with E-state index >= 15 is 0 Å². The Morgan fingerprint density at radius 2 is 1.89 bits per heavy atom. The summed E-state index contributed by atoms with van der Waals surface area (Å²) >= 11 is 1.36. The molecule has 1 aromatic heterocycles. The molecule has 0 aliphatic heterocycles. The average Bonchev–Trinajstić information content (AvgIpc) is 3.01. The average molecular weight is 382 g/mol. The third kappa shape index (κ3) is 4.86. The van der Waals surface area contributed by atoms with E-state index < -0.39 is 0 Å². The van der Waals surface area contributed by atoms with Crippen LogP contribution in [0.1, 0.15) is 25.9 Å². The molecular formula is C21H23N3O2S. The van der Waals surface area contributed by atoms with Crippen LogP contribution in [-0.2, 0) is 6.61 Å². The quantitative estimate of drug-likeness (QED) is 0.675. The summed E-state index contributed by atoms with van der Waals surface area (Å²) in [5.41, 5.74) is 3.70. The largest absolute Gasteiger partial charge is 0.486 e. The monoisotopic (exact) mass is 381 g/mol. The van der Waals surface area contributed by atoms with Gasteiger partial charge in [0.05, 0.1) is 5.69 Å². The van der Waals surface area contributed by atoms with E-state index in [4.69, 9.17) is 4.74 Å². The van der Waals surface area contributed by atoms with Crippen LogP contribution in [0.2, 0.25) is 0 Å². The van der Waals surface area contributed by atoms with Gasteiger partial charge in [-0.05, 0) is 55.8 Å². The van der Waals surface area contributed by atoms with Crippen molar-refractivity contribution in [1.82, 2.24) is 4.98 Å². The van der Waals surface area contributed by atoms with Crippen LogP contribution in [0.3, 0.4) is 0 Å². The number of thiazole rings is 1. The topological polar surface area (TPSA) is 54.5 Å². The van der Waals surface area contributed by atoms with Gasteiger partial charge in [-0.25, -0.2) is 4.98 Å². The second-order valence-corrected chi connectivity index (χ2v) is 7.61. The summed E-state index contributed by atoms with van der Waals surface area (Å²) < 4.78 is 5.79. The lowest BCUT2D eigenvalue weighted by atomic mass is 10.2. The number of nitrogens with zero attached hydrogens (tertiary/aromatic N) is 2. The summed E-state index contributed by atoms with van der Waals surface area (Å²) in [6.07, 6.45) is 0. The first-order chi connectivity index (χ1) is 12.9. The predicted octanol–water partition coefficient (Wildman–Crippen LogP) is 4.66. The minimum absolute atomic E-state index is 0.149. The van der Waals surface area contributed by atoms with Gasteiger partial charge < -0.3 is 15.0 Å². The van der Waals surface area contributed by atoms with Gasteiger partial charge in [-0.3, -0.25) is 4.79 Å². The third-order valence-electron chi connectivity index (χ3n) is 4.04. The highest BCUT2D eigenvalue weighted by Crippen LogP contribution is 2.23.